The maximum Gasteiger partial charge on any atom is 0.305 e. The van der Waals surface area contributed by atoms with Gasteiger partial charge in [-0.05, 0) is 58.8 Å². The lowest BCUT2D eigenvalue weighted by atomic mass is 9.91. The quantitative estimate of drug-likeness (QED) is 0.0686. The fourth-order valence-electron chi connectivity index (χ4n) is 5.37. The number of hydrogen-bond donors (Lipinski definition) is 1. The second-order valence-corrected chi connectivity index (χ2v) is 12.2. The van der Waals surface area contributed by atoms with Crippen LogP contribution in [0.4, 0.5) is 0 Å². The predicted octanol–water partition coefficient (Wildman–Crippen LogP) is 8.62. The molecule has 0 spiro atoms. The minimum atomic E-state index is -0.0281. The van der Waals surface area contributed by atoms with E-state index >= 15 is 0 Å². The summed E-state index contributed by atoms with van der Waals surface area (Å²) >= 11 is 0. The Hall–Kier alpha value is -0.650. The Labute approximate surface area is 244 Å². The van der Waals surface area contributed by atoms with Gasteiger partial charge in [0, 0.05) is 26.1 Å². The van der Waals surface area contributed by atoms with Gasteiger partial charge in [-0.15, -0.1) is 0 Å². The topological polar surface area (TPSA) is 53.0 Å². The first-order valence-electron chi connectivity index (χ1n) is 17.2. The van der Waals surface area contributed by atoms with E-state index in [1.807, 2.05) is 0 Å². The molecule has 39 heavy (non-hydrogen) atoms. The molecule has 0 amide bonds. The molecule has 1 atom stereocenters. The van der Waals surface area contributed by atoms with Gasteiger partial charge in [0.15, 0.2) is 0 Å². The van der Waals surface area contributed by atoms with Gasteiger partial charge in [0.05, 0.1) is 6.61 Å². The minimum absolute atomic E-state index is 0.0281. The Morgan fingerprint density at radius 3 is 1.64 bits per heavy atom. The first-order valence-corrected chi connectivity index (χ1v) is 17.2. The number of esters is 1. The Morgan fingerprint density at radius 2 is 1.13 bits per heavy atom. The molecule has 5 nitrogen and oxygen atoms in total. The number of hydrogen-bond acceptors (Lipinski definition) is 5. The van der Waals surface area contributed by atoms with Gasteiger partial charge in [-0.2, -0.15) is 0 Å². The SMILES string of the molecule is CCCCCCCCCCC(CCCCCCCCC)CCOC(=O)CCCN(CCCCO)CCN(C)C. The van der Waals surface area contributed by atoms with Gasteiger partial charge in [-0.25, -0.2) is 0 Å². The highest BCUT2D eigenvalue weighted by molar-refractivity contribution is 5.69. The van der Waals surface area contributed by atoms with Crippen molar-refractivity contribution >= 4 is 5.97 Å². The first kappa shape index (κ1) is 38.4. The van der Waals surface area contributed by atoms with Crippen LogP contribution in [0.5, 0.6) is 0 Å². The van der Waals surface area contributed by atoms with Gasteiger partial charge < -0.3 is 19.6 Å². The van der Waals surface area contributed by atoms with Crippen molar-refractivity contribution in [3.8, 4) is 0 Å². The van der Waals surface area contributed by atoms with E-state index < -0.39 is 0 Å². The zero-order chi connectivity index (χ0) is 28.8. The van der Waals surface area contributed by atoms with Gasteiger partial charge >= 0.3 is 5.97 Å². The number of nitrogens with zero attached hydrogens (tertiary/aromatic N) is 2. The molecule has 234 valence electrons. The zero-order valence-corrected chi connectivity index (χ0v) is 27.0. The fraction of sp³-hybridized carbons (Fsp3) is 0.971. The third-order valence-corrected chi connectivity index (χ3v) is 8.07. The van der Waals surface area contributed by atoms with Gasteiger partial charge in [0.2, 0.25) is 0 Å². The summed E-state index contributed by atoms with van der Waals surface area (Å²) in [6.07, 6.45) is 27.4. The van der Waals surface area contributed by atoms with E-state index in [0.717, 1.165) is 51.9 Å². The Balaban J connectivity index is 4.27. The predicted molar refractivity (Wildman–Crippen MR) is 169 cm³/mol. The number of aliphatic hydroxyl groups is 1. The third-order valence-electron chi connectivity index (χ3n) is 8.07. The van der Waals surface area contributed by atoms with Crippen LogP contribution >= 0.6 is 0 Å². The molecule has 0 aromatic carbocycles. The van der Waals surface area contributed by atoms with Crippen molar-refractivity contribution in [1.29, 1.82) is 0 Å². The first-order chi connectivity index (χ1) is 19.0. The highest BCUT2D eigenvalue weighted by atomic mass is 16.5. The highest BCUT2D eigenvalue weighted by Crippen LogP contribution is 2.22. The summed E-state index contributed by atoms with van der Waals surface area (Å²) < 4.78 is 5.71. The van der Waals surface area contributed by atoms with Crippen molar-refractivity contribution in [2.24, 2.45) is 5.92 Å². The molecule has 0 aliphatic heterocycles. The standard InChI is InChI=1S/C34H70N2O3/c1-5-7-9-11-13-15-17-19-24-33(23-18-16-14-12-10-8-6-2)26-32-39-34(38)25-22-28-36(27-20-21-31-37)30-29-35(3)4/h33,37H,5-32H2,1-4H3. The molecule has 0 heterocycles. The maximum absolute atomic E-state index is 12.4. The van der Waals surface area contributed by atoms with Crippen LogP contribution in [0.25, 0.3) is 0 Å². The van der Waals surface area contributed by atoms with Crippen molar-refractivity contribution in [2.75, 3.05) is 53.5 Å². The molecule has 5 heteroatoms. The van der Waals surface area contributed by atoms with E-state index in [0.29, 0.717) is 18.9 Å². The van der Waals surface area contributed by atoms with Crippen LogP contribution in [0.3, 0.4) is 0 Å². The van der Waals surface area contributed by atoms with Crippen LogP contribution in [0.1, 0.15) is 155 Å². The van der Waals surface area contributed by atoms with Crippen LogP contribution in [0.15, 0.2) is 0 Å². The fourth-order valence-corrected chi connectivity index (χ4v) is 5.37. The van der Waals surface area contributed by atoms with E-state index in [4.69, 9.17) is 9.84 Å². The Morgan fingerprint density at radius 1 is 0.615 bits per heavy atom. The molecule has 0 fully saturated rings. The van der Waals surface area contributed by atoms with Crippen LogP contribution in [-0.2, 0) is 9.53 Å². The summed E-state index contributed by atoms with van der Waals surface area (Å²) in [4.78, 5) is 17.1. The Kier molecular flexibility index (Phi) is 29.8. The summed E-state index contributed by atoms with van der Waals surface area (Å²) in [5, 5.41) is 9.09. The van der Waals surface area contributed by atoms with Gasteiger partial charge in [0.25, 0.3) is 0 Å². The molecule has 0 rings (SSSR count). The summed E-state index contributed by atoms with van der Waals surface area (Å²) in [6.45, 7) is 9.35. The molecule has 0 bridgehead atoms. The minimum Gasteiger partial charge on any atom is -0.466 e. The smallest absolute Gasteiger partial charge is 0.305 e. The molecule has 0 saturated carbocycles. The number of rotatable bonds is 31. The van der Waals surface area contributed by atoms with E-state index in [1.165, 1.54) is 109 Å². The lowest BCUT2D eigenvalue weighted by Crippen LogP contribution is -2.33. The lowest BCUT2D eigenvalue weighted by molar-refractivity contribution is -0.144. The normalized spacial score (nSPS) is 12.5. The number of carbonyl (C=O) groups excluding carboxylic acids is 1. The molecule has 0 aliphatic rings. The Bertz CT molecular complexity index is 501. The maximum atomic E-state index is 12.4. The molecule has 0 aromatic rings. The summed E-state index contributed by atoms with van der Waals surface area (Å²) in [7, 11) is 4.19. The van der Waals surface area contributed by atoms with E-state index in [1.54, 1.807) is 0 Å². The number of carbonyl (C=O) groups is 1. The molecule has 1 unspecified atom stereocenters. The molecule has 1 N–H and O–H groups in total. The largest absolute Gasteiger partial charge is 0.466 e. The van der Waals surface area contributed by atoms with Crippen LogP contribution in [0, 0.1) is 5.92 Å². The summed E-state index contributed by atoms with van der Waals surface area (Å²) in [5.74, 6) is 0.682. The highest BCUT2D eigenvalue weighted by Gasteiger charge is 2.12. The number of aliphatic hydroxyl groups excluding tert-OH is 1. The molecule has 0 saturated heterocycles. The van der Waals surface area contributed by atoms with E-state index in [2.05, 4.69) is 37.7 Å². The molecule has 0 radical (unpaired) electrons. The van der Waals surface area contributed by atoms with Gasteiger partial charge in [-0.3, -0.25) is 4.79 Å². The monoisotopic (exact) mass is 555 g/mol. The van der Waals surface area contributed by atoms with Crippen molar-refractivity contribution < 1.29 is 14.6 Å². The van der Waals surface area contributed by atoms with Crippen LogP contribution in [-0.4, -0.2) is 74.4 Å². The van der Waals surface area contributed by atoms with Gasteiger partial charge in [0.1, 0.15) is 0 Å². The number of unbranched alkanes of at least 4 members (excludes halogenated alkanes) is 14. The average molecular weight is 555 g/mol. The van der Waals surface area contributed by atoms with Crippen LogP contribution in [0.2, 0.25) is 0 Å². The lowest BCUT2D eigenvalue weighted by Gasteiger charge is -2.24. The number of likely N-dealkylation sites (N-methyl/N-ethyl adjacent to an activating group) is 1. The van der Waals surface area contributed by atoms with Crippen molar-refractivity contribution in [1.82, 2.24) is 9.80 Å². The van der Waals surface area contributed by atoms with E-state index in [-0.39, 0.29) is 12.6 Å². The summed E-state index contributed by atoms with van der Waals surface area (Å²) in [5.41, 5.74) is 0. The molecule has 0 aliphatic carbocycles. The molecule has 0 aromatic heterocycles. The molecular weight excluding hydrogens is 484 g/mol. The zero-order valence-electron chi connectivity index (χ0n) is 27.0. The van der Waals surface area contributed by atoms with Crippen molar-refractivity contribution in [2.45, 2.75) is 155 Å². The second-order valence-electron chi connectivity index (χ2n) is 12.2. The van der Waals surface area contributed by atoms with Crippen molar-refractivity contribution in [3.05, 3.63) is 0 Å². The molecular formula is C34H70N2O3. The third kappa shape index (κ3) is 28.7. The average Bonchev–Trinajstić information content (AvgIpc) is 2.92. The number of ether oxygens (including phenoxy) is 1. The van der Waals surface area contributed by atoms with Crippen LogP contribution < -0.4 is 0 Å². The summed E-state index contributed by atoms with van der Waals surface area (Å²) in [6, 6.07) is 0. The van der Waals surface area contributed by atoms with Gasteiger partial charge in [-0.1, -0.05) is 123 Å². The van der Waals surface area contributed by atoms with E-state index in [9.17, 15) is 4.79 Å². The van der Waals surface area contributed by atoms with Crippen molar-refractivity contribution in [3.63, 3.8) is 0 Å². The second kappa shape index (κ2) is 30.3.